The fourth-order valence-corrected chi connectivity index (χ4v) is 3.66. The third kappa shape index (κ3) is 5.51. The van der Waals surface area contributed by atoms with Crippen LogP contribution in [0.1, 0.15) is 25.3 Å². The van der Waals surface area contributed by atoms with Crippen LogP contribution in [0, 0.1) is 5.41 Å². The van der Waals surface area contributed by atoms with Crippen molar-refractivity contribution in [2.24, 2.45) is 10.4 Å². The van der Waals surface area contributed by atoms with Crippen molar-refractivity contribution in [1.82, 2.24) is 10.2 Å². The SMILES string of the molecule is CCNC(=NCCc1ccc(OC(F)(F)F)cc1)N1CCC2(CCOC2)C1. The van der Waals surface area contributed by atoms with Gasteiger partial charge in [0, 0.05) is 38.2 Å². The van der Waals surface area contributed by atoms with E-state index in [2.05, 4.69) is 15.0 Å². The highest BCUT2D eigenvalue weighted by molar-refractivity contribution is 5.80. The maximum absolute atomic E-state index is 12.2. The summed E-state index contributed by atoms with van der Waals surface area (Å²) in [6.07, 6.45) is -1.78. The molecule has 2 fully saturated rings. The summed E-state index contributed by atoms with van der Waals surface area (Å²) in [4.78, 5) is 7.00. The molecule has 0 aliphatic carbocycles. The predicted molar refractivity (Wildman–Crippen MR) is 96.9 cm³/mol. The minimum absolute atomic E-state index is 0.204. The minimum atomic E-state index is -4.66. The van der Waals surface area contributed by atoms with E-state index in [-0.39, 0.29) is 11.2 Å². The Morgan fingerprint density at radius 1 is 1.30 bits per heavy atom. The number of benzene rings is 1. The first-order valence-electron chi connectivity index (χ1n) is 9.35. The fraction of sp³-hybridized carbons (Fsp3) is 0.632. The van der Waals surface area contributed by atoms with Crippen molar-refractivity contribution in [2.75, 3.05) is 39.4 Å². The van der Waals surface area contributed by atoms with Gasteiger partial charge in [-0.1, -0.05) is 12.1 Å². The molecule has 2 aliphatic rings. The molecule has 1 N–H and O–H groups in total. The van der Waals surface area contributed by atoms with Crippen molar-refractivity contribution in [3.63, 3.8) is 0 Å². The monoisotopic (exact) mass is 385 g/mol. The first-order chi connectivity index (χ1) is 12.9. The molecule has 1 aromatic rings. The molecule has 0 aromatic heterocycles. The third-order valence-electron chi connectivity index (χ3n) is 5.08. The maximum atomic E-state index is 12.2. The molecule has 1 spiro atoms. The fourth-order valence-electron chi connectivity index (χ4n) is 3.66. The van der Waals surface area contributed by atoms with E-state index in [1.807, 2.05) is 6.92 Å². The number of nitrogens with zero attached hydrogens (tertiary/aromatic N) is 2. The van der Waals surface area contributed by atoms with Gasteiger partial charge in [0.15, 0.2) is 5.96 Å². The van der Waals surface area contributed by atoms with Crippen molar-refractivity contribution in [3.05, 3.63) is 29.8 Å². The predicted octanol–water partition coefficient (Wildman–Crippen LogP) is 3.21. The number of alkyl halides is 3. The number of ether oxygens (including phenoxy) is 2. The maximum Gasteiger partial charge on any atom is 0.573 e. The summed E-state index contributed by atoms with van der Waals surface area (Å²) >= 11 is 0. The summed E-state index contributed by atoms with van der Waals surface area (Å²) < 4.78 is 46.1. The molecule has 150 valence electrons. The summed E-state index contributed by atoms with van der Waals surface area (Å²) in [6, 6.07) is 5.96. The molecule has 0 bridgehead atoms. The molecule has 1 aromatic carbocycles. The van der Waals surface area contributed by atoms with Crippen LogP contribution in [0.3, 0.4) is 0 Å². The second-order valence-electron chi connectivity index (χ2n) is 7.15. The van der Waals surface area contributed by atoms with Crippen molar-refractivity contribution < 1.29 is 22.6 Å². The molecular formula is C19H26F3N3O2. The van der Waals surface area contributed by atoms with Crippen LogP contribution in [-0.2, 0) is 11.2 Å². The quantitative estimate of drug-likeness (QED) is 0.625. The van der Waals surface area contributed by atoms with Crippen LogP contribution in [-0.4, -0.2) is 56.6 Å². The van der Waals surface area contributed by atoms with E-state index >= 15 is 0 Å². The third-order valence-corrected chi connectivity index (χ3v) is 5.08. The van der Waals surface area contributed by atoms with Gasteiger partial charge < -0.3 is 19.7 Å². The molecule has 27 heavy (non-hydrogen) atoms. The highest BCUT2D eigenvalue weighted by Crippen LogP contribution is 2.38. The van der Waals surface area contributed by atoms with Gasteiger partial charge in [-0.15, -0.1) is 13.2 Å². The number of likely N-dealkylation sites (tertiary alicyclic amines) is 1. The Morgan fingerprint density at radius 3 is 2.70 bits per heavy atom. The zero-order valence-corrected chi connectivity index (χ0v) is 15.5. The van der Waals surface area contributed by atoms with E-state index in [0.717, 1.165) is 57.2 Å². The Bertz CT molecular complexity index is 641. The lowest BCUT2D eigenvalue weighted by molar-refractivity contribution is -0.274. The molecule has 2 aliphatic heterocycles. The molecule has 2 saturated heterocycles. The zero-order valence-electron chi connectivity index (χ0n) is 15.5. The number of guanidine groups is 1. The highest BCUT2D eigenvalue weighted by atomic mass is 19.4. The molecule has 2 heterocycles. The van der Waals surface area contributed by atoms with Crippen LogP contribution >= 0.6 is 0 Å². The summed E-state index contributed by atoms with van der Waals surface area (Å²) in [5, 5.41) is 3.34. The van der Waals surface area contributed by atoms with Crippen molar-refractivity contribution in [2.45, 2.75) is 32.5 Å². The van der Waals surface area contributed by atoms with Gasteiger partial charge in [0.25, 0.3) is 0 Å². The molecule has 0 radical (unpaired) electrons. The van der Waals surface area contributed by atoms with Gasteiger partial charge in [0.2, 0.25) is 0 Å². The molecular weight excluding hydrogens is 359 g/mol. The van der Waals surface area contributed by atoms with E-state index in [4.69, 9.17) is 9.73 Å². The van der Waals surface area contributed by atoms with Crippen molar-refractivity contribution >= 4 is 5.96 Å². The first kappa shape index (κ1) is 19.8. The topological polar surface area (TPSA) is 46.1 Å². The summed E-state index contributed by atoms with van der Waals surface area (Å²) in [7, 11) is 0. The van der Waals surface area contributed by atoms with E-state index in [9.17, 15) is 13.2 Å². The second kappa shape index (κ2) is 8.37. The average Bonchev–Trinajstić information content (AvgIpc) is 3.25. The van der Waals surface area contributed by atoms with E-state index in [1.54, 1.807) is 12.1 Å². The summed E-state index contributed by atoms with van der Waals surface area (Å²) in [6.45, 7) is 7.01. The van der Waals surface area contributed by atoms with Gasteiger partial charge >= 0.3 is 6.36 Å². The second-order valence-corrected chi connectivity index (χ2v) is 7.15. The van der Waals surface area contributed by atoms with Crippen LogP contribution in [0.5, 0.6) is 5.75 Å². The van der Waals surface area contributed by atoms with Crippen molar-refractivity contribution in [3.8, 4) is 5.75 Å². The Morgan fingerprint density at radius 2 is 2.07 bits per heavy atom. The zero-order chi connectivity index (χ0) is 19.3. The number of halogens is 3. The highest BCUT2D eigenvalue weighted by Gasteiger charge is 2.42. The Balaban J connectivity index is 1.54. The molecule has 8 heteroatoms. The van der Waals surface area contributed by atoms with Crippen molar-refractivity contribution in [1.29, 1.82) is 0 Å². The van der Waals surface area contributed by atoms with E-state index in [1.165, 1.54) is 12.1 Å². The van der Waals surface area contributed by atoms with Crippen LogP contribution < -0.4 is 10.1 Å². The number of nitrogens with one attached hydrogen (secondary N) is 1. The largest absolute Gasteiger partial charge is 0.573 e. The van der Waals surface area contributed by atoms with Gasteiger partial charge in [-0.3, -0.25) is 4.99 Å². The number of aliphatic imine (C=N–C) groups is 1. The van der Waals surface area contributed by atoms with Gasteiger partial charge in [-0.05, 0) is 43.9 Å². The molecule has 5 nitrogen and oxygen atoms in total. The molecule has 1 atom stereocenters. The summed E-state index contributed by atoms with van der Waals surface area (Å²) in [5.41, 5.74) is 1.19. The minimum Gasteiger partial charge on any atom is -0.406 e. The van der Waals surface area contributed by atoms with E-state index in [0.29, 0.717) is 13.0 Å². The molecule has 0 amide bonds. The molecule has 3 rings (SSSR count). The Kier molecular flexibility index (Phi) is 6.14. The first-order valence-corrected chi connectivity index (χ1v) is 9.35. The Labute approximate surface area is 157 Å². The van der Waals surface area contributed by atoms with Crippen LogP contribution in [0.2, 0.25) is 0 Å². The van der Waals surface area contributed by atoms with Crippen LogP contribution in [0.15, 0.2) is 29.3 Å². The number of rotatable bonds is 5. The number of hydrogen-bond acceptors (Lipinski definition) is 3. The normalized spacial score (nSPS) is 23.3. The summed E-state index contributed by atoms with van der Waals surface area (Å²) in [5.74, 6) is 0.697. The van der Waals surface area contributed by atoms with Gasteiger partial charge in [0.05, 0.1) is 6.61 Å². The van der Waals surface area contributed by atoms with E-state index < -0.39 is 6.36 Å². The van der Waals surface area contributed by atoms with Gasteiger partial charge in [0.1, 0.15) is 5.75 Å². The van der Waals surface area contributed by atoms with Crippen LogP contribution in [0.4, 0.5) is 13.2 Å². The van der Waals surface area contributed by atoms with Crippen LogP contribution in [0.25, 0.3) is 0 Å². The molecule has 0 saturated carbocycles. The molecule has 1 unspecified atom stereocenters. The lowest BCUT2D eigenvalue weighted by Crippen LogP contribution is -2.41. The lowest BCUT2D eigenvalue weighted by Gasteiger charge is -2.25. The lowest BCUT2D eigenvalue weighted by atomic mass is 9.87. The van der Waals surface area contributed by atoms with Gasteiger partial charge in [-0.25, -0.2) is 0 Å². The van der Waals surface area contributed by atoms with Gasteiger partial charge in [-0.2, -0.15) is 0 Å². The standard InChI is InChI=1S/C19H26F3N3O2/c1-2-23-17(25-11-8-18(13-25)9-12-26-14-18)24-10-7-15-3-5-16(6-4-15)27-19(20,21)22/h3-6H,2,7-14H2,1H3,(H,23,24). The Hall–Kier alpha value is -1.96. The number of hydrogen-bond donors (Lipinski definition) is 1. The average molecular weight is 385 g/mol. The smallest absolute Gasteiger partial charge is 0.406 e.